The Morgan fingerprint density at radius 1 is 1.31 bits per heavy atom. The third kappa shape index (κ3) is 3.16. The van der Waals surface area contributed by atoms with Crippen LogP contribution in [0.5, 0.6) is 5.75 Å². The van der Waals surface area contributed by atoms with Crippen molar-refractivity contribution < 1.29 is 23.2 Å². The maximum Gasteiger partial charge on any atom is 0.271 e. The fourth-order valence-corrected chi connectivity index (χ4v) is 2.47. The highest BCUT2D eigenvalue weighted by atomic mass is 19.1. The number of amides is 1. The molecule has 0 radical (unpaired) electrons. The van der Waals surface area contributed by atoms with Crippen LogP contribution in [0, 0.1) is 21.7 Å². The van der Waals surface area contributed by atoms with E-state index in [2.05, 4.69) is 4.98 Å². The average Bonchev–Trinajstić information content (AvgIpc) is 2.99. The maximum absolute atomic E-state index is 14.1. The van der Waals surface area contributed by atoms with Crippen molar-refractivity contribution in [3.63, 3.8) is 0 Å². The fraction of sp³-hybridized carbons (Fsp3) is 0.125. The van der Waals surface area contributed by atoms with Crippen molar-refractivity contribution in [3.05, 3.63) is 64.0 Å². The van der Waals surface area contributed by atoms with E-state index in [0.717, 1.165) is 12.1 Å². The van der Waals surface area contributed by atoms with Crippen LogP contribution in [0.2, 0.25) is 0 Å². The monoisotopic (exact) mass is 362 g/mol. The molecule has 0 aliphatic carbocycles. The van der Waals surface area contributed by atoms with Crippen LogP contribution in [0.4, 0.5) is 14.5 Å². The van der Waals surface area contributed by atoms with Crippen LogP contribution in [-0.4, -0.2) is 27.0 Å². The Hall–Kier alpha value is -3.56. The van der Waals surface area contributed by atoms with E-state index in [1.165, 1.54) is 18.5 Å². The zero-order valence-corrected chi connectivity index (χ0v) is 13.2. The number of aromatic nitrogens is 2. The Morgan fingerprint density at radius 2 is 2.08 bits per heavy atom. The van der Waals surface area contributed by atoms with Gasteiger partial charge >= 0.3 is 0 Å². The molecule has 1 amide bonds. The molecule has 0 atom stereocenters. The number of nitro benzene ring substituents is 1. The predicted octanol–water partition coefficient (Wildman–Crippen LogP) is 2.40. The average molecular weight is 362 g/mol. The van der Waals surface area contributed by atoms with Gasteiger partial charge < -0.3 is 15.0 Å². The third-order valence-electron chi connectivity index (χ3n) is 3.71. The van der Waals surface area contributed by atoms with Crippen LogP contribution in [0.1, 0.15) is 10.4 Å². The first-order valence-electron chi connectivity index (χ1n) is 7.38. The van der Waals surface area contributed by atoms with Gasteiger partial charge in [0.25, 0.3) is 11.6 Å². The van der Waals surface area contributed by atoms with E-state index in [0.29, 0.717) is 11.0 Å². The molecule has 0 saturated heterocycles. The number of rotatable bonds is 6. The molecule has 0 spiro atoms. The number of nitrogens with two attached hydrogens (primary N) is 1. The minimum absolute atomic E-state index is 0.0107. The number of ether oxygens (including phenoxy) is 1. The topological polar surface area (TPSA) is 113 Å². The minimum Gasteiger partial charge on any atom is -0.489 e. The number of imidazole rings is 1. The highest BCUT2D eigenvalue weighted by Crippen LogP contribution is 2.23. The molecule has 0 aliphatic heterocycles. The SMILES string of the molecule is NC(=O)c1c(F)ccc(OCCn2cnc3cc([N+](=O)[O-])ccc32)c1F. The Balaban J connectivity index is 1.75. The second-order valence-corrected chi connectivity index (χ2v) is 5.32. The second kappa shape index (κ2) is 6.75. The first-order valence-corrected chi connectivity index (χ1v) is 7.38. The lowest BCUT2D eigenvalue weighted by Gasteiger charge is -2.10. The van der Waals surface area contributed by atoms with Gasteiger partial charge in [-0.1, -0.05) is 0 Å². The molecule has 1 aromatic heterocycles. The van der Waals surface area contributed by atoms with Crippen LogP contribution in [0.25, 0.3) is 11.0 Å². The van der Waals surface area contributed by atoms with Gasteiger partial charge in [0.05, 0.1) is 28.8 Å². The molecule has 1 heterocycles. The molecule has 134 valence electrons. The van der Waals surface area contributed by atoms with E-state index >= 15 is 0 Å². The molecule has 2 N–H and O–H groups in total. The molecular weight excluding hydrogens is 350 g/mol. The van der Waals surface area contributed by atoms with Crippen molar-refractivity contribution in [1.29, 1.82) is 0 Å². The summed E-state index contributed by atoms with van der Waals surface area (Å²) in [6.07, 6.45) is 1.47. The number of hydrogen-bond donors (Lipinski definition) is 1. The first kappa shape index (κ1) is 17.3. The van der Waals surface area contributed by atoms with Crippen molar-refractivity contribution >= 4 is 22.6 Å². The molecule has 0 bridgehead atoms. The molecule has 0 saturated carbocycles. The van der Waals surface area contributed by atoms with Gasteiger partial charge in [0, 0.05) is 12.1 Å². The third-order valence-corrected chi connectivity index (χ3v) is 3.71. The van der Waals surface area contributed by atoms with E-state index < -0.39 is 28.0 Å². The van der Waals surface area contributed by atoms with Crippen LogP contribution in [0.3, 0.4) is 0 Å². The summed E-state index contributed by atoms with van der Waals surface area (Å²) in [6, 6.07) is 6.19. The number of nitrogens with zero attached hydrogens (tertiary/aromatic N) is 3. The van der Waals surface area contributed by atoms with Crippen molar-refractivity contribution in [3.8, 4) is 5.75 Å². The first-order chi connectivity index (χ1) is 12.4. The molecule has 0 fully saturated rings. The van der Waals surface area contributed by atoms with Gasteiger partial charge in [-0.15, -0.1) is 0 Å². The summed E-state index contributed by atoms with van der Waals surface area (Å²) < 4.78 is 34.4. The lowest BCUT2D eigenvalue weighted by molar-refractivity contribution is -0.384. The number of non-ortho nitro benzene ring substituents is 1. The molecule has 3 aromatic rings. The number of carbonyl (C=O) groups is 1. The van der Waals surface area contributed by atoms with Gasteiger partial charge in [-0.3, -0.25) is 14.9 Å². The van der Waals surface area contributed by atoms with Crippen molar-refractivity contribution in [2.24, 2.45) is 5.73 Å². The summed E-state index contributed by atoms with van der Waals surface area (Å²) in [6.45, 7) is 0.236. The highest BCUT2D eigenvalue weighted by molar-refractivity contribution is 5.93. The summed E-state index contributed by atoms with van der Waals surface area (Å²) in [5, 5.41) is 10.8. The van der Waals surface area contributed by atoms with E-state index in [9.17, 15) is 23.7 Å². The Labute approximate surface area is 145 Å². The lowest BCUT2D eigenvalue weighted by Crippen LogP contribution is -2.17. The van der Waals surface area contributed by atoms with Crippen molar-refractivity contribution in [1.82, 2.24) is 9.55 Å². The molecule has 2 aromatic carbocycles. The summed E-state index contributed by atoms with van der Waals surface area (Å²) >= 11 is 0. The summed E-state index contributed by atoms with van der Waals surface area (Å²) in [5.41, 5.74) is 5.08. The van der Waals surface area contributed by atoms with E-state index in [4.69, 9.17) is 10.5 Å². The summed E-state index contributed by atoms with van der Waals surface area (Å²) in [4.78, 5) is 25.4. The molecule has 0 aliphatic rings. The molecule has 26 heavy (non-hydrogen) atoms. The molecule has 8 nitrogen and oxygen atoms in total. The maximum atomic E-state index is 14.1. The number of benzene rings is 2. The van der Waals surface area contributed by atoms with E-state index in [1.807, 2.05) is 0 Å². The molecule has 3 rings (SSSR count). The van der Waals surface area contributed by atoms with Gasteiger partial charge in [-0.25, -0.2) is 13.8 Å². The molecular formula is C16H12F2N4O4. The van der Waals surface area contributed by atoms with E-state index in [1.54, 1.807) is 10.6 Å². The minimum atomic E-state index is -1.23. The largest absolute Gasteiger partial charge is 0.489 e. The summed E-state index contributed by atoms with van der Waals surface area (Å²) in [5.74, 6) is -3.76. The van der Waals surface area contributed by atoms with Crippen molar-refractivity contribution in [2.75, 3.05) is 6.61 Å². The zero-order chi connectivity index (χ0) is 18.8. The number of halogens is 2. The smallest absolute Gasteiger partial charge is 0.271 e. The Bertz CT molecular complexity index is 1020. The van der Waals surface area contributed by atoms with Crippen molar-refractivity contribution in [2.45, 2.75) is 6.54 Å². The zero-order valence-electron chi connectivity index (χ0n) is 13.2. The van der Waals surface area contributed by atoms with Gasteiger partial charge in [0.2, 0.25) is 0 Å². The van der Waals surface area contributed by atoms with Crippen LogP contribution < -0.4 is 10.5 Å². The van der Waals surface area contributed by atoms with Gasteiger partial charge in [-0.2, -0.15) is 0 Å². The predicted molar refractivity (Wildman–Crippen MR) is 86.8 cm³/mol. The normalized spacial score (nSPS) is 10.8. The number of hydrogen-bond acceptors (Lipinski definition) is 5. The lowest BCUT2D eigenvalue weighted by atomic mass is 10.1. The Morgan fingerprint density at radius 3 is 2.77 bits per heavy atom. The van der Waals surface area contributed by atoms with Gasteiger partial charge in [0.1, 0.15) is 18.0 Å². The highest BCUT2D eigenvalue weighted by Gasteiger charge is 2.19. The molecule has 10 heteroatoms. The van der Waals surface area contributed by atoms with E-state index in [-0.39, 0.29) is 24.6 Å². The van der Waals surface area contributed by atoms with Crippen LogP contribution in [-0.2, 0) is 6.54 Å². The molecule has 0 unspecified atom stereocenters. The van der Waals surface area contributed by atoms with Crippen LogP contribution in [0.15, 0.2) is 36.7 Å². The second-order valence-electron chi connectivity index (χ2n) is 5.32. The quantitative estimate of drug-likeness (QED) is 0.534. The number of nitro groups is 1. The van der Waals surface area contributed by atoms with Crippen LogP contribution >= 0.6 is 0 Å². The van der Waals surface area contributed by atoms with Gasteiger partial charge in [0.15, 0.2) is 11.6 Å². The fourth-order valence-electron chi connectivity index (χ4n) is 2.47. The number of fused-ring (bicyclic) bond motifs is 1. The van der Waals surface area contributed by atoms with Gasteiger partial charge in [-0.05, 0) is 18.2 Å². The summed E-state index contributed by atoms with van der Waals surface area (Å²) in [7, 11) is 0. The Kier molecular flexibility index (Phi) is 4.48. The number of carbonyl (C=O) groups excluding carboxylic acids is 1. The standard InChI is InChI=1S/C16H12F2N4O4/c17-10-2-4-13(15(18)14(10)16(19)23)26-6-5-21-8-20-11-7-9(22(24)25)1-3-12(11)21/h1-4,7-8H,5-6H2,(H2,19,23). The number of primary amides is 1.